The number of nitriles is 1. The van der Waals surface area contributed by atoms with E-state index in [1.807, 2.05) is 24.3 Å². The lowest BCUT2D eigenvalue weighted by Crippen LogP contribution is -2.35. The lowest BCUT2D eigenvalue weighted by Gasteiger charge is -2.32. The van der Waals surface area contributed by atoms with Crippen LogP contribution in [0.4, 0.5) is 5.82 Å². The molecule has 0 spiro atoms. The van der Waals surface area contributed by atoms with E-state index in [0.29, 0.717) is 22.8 Å². The standard InChI is InChI=1S/C22H22N4O2S/c1-16-11-13-26(14-12-16)22-21(24-18-9-5-6-10-19(18)25-22)20(15-23)29(27,28)17-7-3-2-4-8-17/h2-10,16,20H,11-14H2,1H3/t20-/m1/s1. The molecule has 1 aliphatic heterocycles. The number of fused-ring (bicyclic) bond motifs is 1. The fourth-order valence-corrected chi connectivity index (χ4v) is 5.06. The first-order chi connectivity index (χ1) is 14.0. The second-order valence-electron chi connectivity index (χ2n) is 7.46. The van der Waals surface area contributed by atoms with Crippen LogP contribution in [-0.2, 0) is 9.84 Å². The maximum absolute atomic E-state index is 13.3. The van der Waals surface area contributed by atoms with Crippen LogP contribution in [0.3, 0.4) is 0 Å². The Morgan fingerprint density at radius 2 is 1.59 bits per heavy atom. The van der Waals surface area contributed by atoms with Gasteiger partial charge in [0.2, 0.25) is 9.84 Å². The molecular weight excluding hydrogens is 384 g/mol. The van der Waals surface area contributed by atoms with Gasteiger partial charge < -0.3 is 4.90 Å². The van der Waals surface area contributed by atoms with Gasteiger partial charge in [0.1, 0.15) is 5.69 Å². The van der Waals surface area contributed by atoms with Crippen LogP contribution in [0.1, 0.15) is 30.7 Å². The molecule has 3 aromatic rings. The molecule has 2 heterocycles. The maximum atomic E-state index is 13.3. The Morgan fingerprint density at radius 3 is 2.21 bits per heavy atom. The molecule has 0 saturated carbocycles. The van der Waals surface area contributed by atoms with Crippen molar-refractivity contribution in [2.75, 3.05) is 18.0 Å². The van der Waals surface area contributed by atoms with Crippen molar-refractivity contribution in [3.63, 3.8) is 0 Å². The van der Waals surface area contributed by atoms with Crippen molar-refractivity contribution in [2.24, 2.45) is 5.92 Å². The van der Waals surface area contributed by atoms with E-state index in [2.05, 4.69) is 16.8 Å². The number of piperidine rings is 1. The molecule has 1 aromatic heterocycles. The Morgan fingerprint density at radius 1 is 1.00 bits per heavy atom. The number of hydrogen-bond donors (Lipinski definition) is 0. The number of rotatable bonds is 4. The van der Waals surface area contributed by atoms with Crippen molar-refractivity contribution in [1.82, 2.24) is 9.97 Å². The van der Waals surface area contributed by atoms with Gasteiger partial charge in [-0.2, -0.15) is 5.26 Å². The molecule has 1 aliphatic rings. The van der Waals surface area contributed by atoms with Crippen molar-refractivity contribution in [1.29, 1.82) is 5.26 Å². The number of anilines is 1. The second kappa shape index (κ2) is 7.80. The fourth-order valence-electron chi connectivity index (χ4n) is 3.66. The van der Waals surface area contributed by atoms with Crippen LogP contribution in [0.15, 0.2) is 59.5 Å². The van der Waals surface area contributed by atoms with Crippen LogP contribution in [0.5, 0.6) is 0 Å². The van der Waals surface area contributed by atoms with Gasteiger partial charge in [0, 0.05) is 13.1 Å². The molecule has 1 atom stereocenters. The zero-order chi connectivity index (χ0) is 20.4. The summed E-state index contributed by atoms with van der Waals surface area (Å²) in [6.45, 7) is 3.75. The van der Waals surface area contributed by atoms with Gasteiger partial charge in [-0.15, -0.1) is 0 Å². The van der Waals surface area contributed by atoms with E-state index in [1.54, 1.807) is 24.3 Å². The number of sulfone groups is 1. The highest BCUT2D eigenvalue weighted by molar-refractivity contribution is 7.92. The molecule has 1 saturated heterocycles. The first kappa shape index (κ1) is 19.3. The molecule has 1 fully saturated rings. The van der Waals surface area contributed by atoms with Gasteiger partial charge in [-0.05, 0) is 43.0 Å². The van der Waals surface area contributed by atoms with Gasteiger partial charge >= 0.3 is 0 Å². The molecule has 29 heavy (non-hydrogen) atoms. The smallest absolute Gasteiger partial charge is 0.200 e. The topological polar surface area (TPSA) is 86.9 Å². The summed E-state index contributed by atoms with van der Waals surface area (Å²) < 4.78 is 26.6. The number of para-hydroxylation sites is 2. The van der Waals surface area contributed by atoms with Crippen molar-refractivity contribution in [3.05, 3.63) is 60.3 Å². The van der Waals surface area contributed by atoms with Crippen molar-refractivity contribution in [3.8, 4) is 6.07 Å². The minimum Gasteiger partial charge on any atom is -0.355 e. The summed E-state index contributed by atoms with van der Waals surface area (Å²) in [5.74, 6) is 1.12. The lowest BCUT2D eigenvalue weighted by atomic mass is 9.99. The molecule has 4 rings (SSSR count). The Kier molecular flexibility index (Phi) is 5.20. The van der Waals surface area contributed by atoms with Crippen molar-refractivity contribution >= 4 is 26.7 Å². The Balaban J connectivity index is 1.88. The monoisotopic (exact) mass is 406 g/mol. The van der Waals surface area contributed by atoms with Crippen LogP contribution in [-0.4, -0.2) is 31.5 Å². The SMILES string of the molecule is CC1CCN(c2nc3ccccc3nc2[C@@H](C#N)S(=O)(=O)c2ccccc2)CC1. The molecule has 0 bridgehead atoms. The first-order valence-electron chi connectivity index (χ1n) is 9.71. The Bertz CT molecular complexity index is 1160. The van der Waals surface area contributed by atoms with Gasteiger partial charge in [0.25, 0.3) is 0 Å². The Hall–Kier alpha value is -2.98. The maximum Gasteiger partial charge on any atom is 0.200 e. The van der Waals surface area contributed by atoms with Crippen LogP contribution in [0.25, 0.3) is 11.0 Å². The van der Waals surface area contributed by atoms with Crippen LogP contribution < -0.4 is 4.90 Å². The van der Waals surface area contributed by atoms with E-state index >= 15 is 0 Å². The quantitative estimate of drug-likeness (QED) is 0.653. The Labute approximate surface area is 170 Å². The predicted molar refractivity (Wildman–Crippen MR) is 112 cm³/mol. The van der Waals surface area contributed by atoms with Gasteiger partial charge in [0.05, 0.1) is 22.0 Å². The number of benzene rings is 2. The predicted octanol–water partition coefficient (Wildman–Crippen LogP) is 3.90. The molecule has 0 N–H and O–H groups in total. The highest BCUT2D eigenvalue weighted by atomic mass is 32.2. The summed E-state index contributed by atoms with van der Waals surface area (Å²) >= 11 is 0. The number of nitrogens with zero attached hydrogens (tertiary/aromatic N) is 4. The molecule has 0 unspecified atom stereocenters. The molecule has 0 radical (unpaired) electrons. The van der Waals surface area contributed by atoms with Gasteiger partial charge in [-0.3, -0.25) is 0 Å². The van der Waals surface area contributed by atoms with Gasteiger partial charge in [0.15, 0.2) is 11.1 Å². The third-order valence-corrected chi connectivity index (χ3v) is 7.29. The molecular formula is C22H22N4O2S. The lowest BCUT2D eigenvalue weighted by molar-refractivity contribution is 0.436. The summed E-state index contributed by atoms with van der Waals surface area (Å²) in [4.78, 5) is 11.6. The highest BCUT2D eigenvalue weighted by Crippen LogP contribution is 2.35. The zero-order valence-electron chi connectivity index (χ0n) is 16.2. The normalized spacial score (nSPS) is 16.5. The highest BCUT2D eigenvalue weighted by Gasteiger charge is 2.35. The second-order valence-corrected chi connectivity index (χ2v) is 9.49. The minimum atomic E-state index is -3.94. The average molecular weight is 407 g/mol. The van der Waals surface area contributed by atoms with E-state index in [9.17, 15) is 13.7 Å². The first-order valence-corrected chi connectivity index (χ1v) is 11.3. The minimum absolute atomic E-state index is 0.111. The van der Waals surface area contributed by atoms with Gasteiger partial charge in [-0.25, -0.2) is 18.4 Å². The fraction of sp³-hybridized carbons (Fsp3) is 0.318. The van der Waals surface area contributed by atoms with Crippen molar-refractivity contribution < 1.29 is 8.42 Å². The summed E-state index contributed by atoms with van der Waals surface area (Å²) in [6.07, 6.45) is 1.99. The van der Waals surface area contributed by atoms with E-state index < -0.39 is 15.1 Å². The molecule has 0 amide bonds. The molecule has 2 aromatic carbocycles. The zero-order valence-corrected chi connectivity index (χ0v) is 17.0. The van der Waals surface area contributed by atoms with Crippen LogP contribution in [0, 0.1) is 17.2 Å². The molecule has 0 aliphatic carbocycles. The summed E-state index contributed by atoms with van der Waals surface area (Å²) in [5, 5.41) is 8.48. The van der Waals surface area contributed by atoms with E-state index in [1.165, 1.54) is 12.1 Å². The molecule has 7 heteroatoms. The number of aromatic nitrogens is 2. The third-order valence-electron chi connectivity index (χ3n) is 5.41. The number of hydrogen-bond acceptors (Lipinski definition) is 6. The van der Waals surface area contributed by atoms with E-state index in [0.717, 1.165) is 25.9 Å². The van der Waals surface area contributed by atoms with Gasteiger partial charge in [-0.1, -0.05) is 37.3 Å². The molecule has 6 nitrogen and oxygen atoms in total. The van der Waals surface area contributed by atoms with E-state index in [4.69, 9.17) is 4.98 Å². The molecule has 148 valence electrons. The van der Waals surface area contributed by atoms with Crippen LogP contribution in [0.2, 0.25) is 0 Å². The largest absolute Gasteiger partial charge is 0.355 e. The average Bonchev–Trinajstić information content (AvgIpc) is 2.75. The van der Waals surface area contributed by atoms with Crippen molar-refractivity contribution in [2.45, 2.75) is 29.9 Å². The summed E-state index contributed by atoms with van der Waals surface area (Å²) in [6, 6.07) is 17.4. The summed E-state index contributed by atoms with van der Waals surface area (Å²) in [7, 11) is -3.94. The summed E-state index contributed by atoms with van der Waals surface area (Å²) in [5.41, 5.74) is 1.49. The van der Waals surface area contributed by atoms with E-state index in [-0.39, 0.29) is 10.6 Å². The van der Waals surface area contributed by atoms with Crippen LogP contribution >= 0.6 is 0 Å². The third kappa shape index (κ3) is 3.68.